The Morgan fingerprint density at radius 3 is 2.06 bits per heavy atom. The summed E-state index contributed by atoms with van der Waals surface area (Å²) in [6.07, 6.45) is 2.62. The first kappa shape index (κ1) is 35.1. The van der Waals surface area contributed by atoms with Crippen molar-refractivity contribution in [3.8, 4) is 5.75 Å². The number of carboxylic acid groups (broad SMARTS) is 2. The number of carboxylic acids is 2. The molecule has 0 aromatic heterocycles. The van der Waals surface area contributed by atoms with Crippen molar-refractivity contribution in [3.05, 3.63) is 119 Å². The Morgan fingerprint density at radius 1 is 0.894 bits per heavy atom. The van der Waals surface area contributed by atoms with Crippen LogP contribution in [0.15, 0.2) is 95.9 Å². The number of benzene rings is 4. The van der Waals surface area contributed by atoms with E-state index in [1.165, 1.54) is 39.1 Å². The Bertz CT molecular complexity index is 1640. The smallest absolute Gasteiger partial charge is 0.339 e. The summed E-state index contributed by atoms with van der Waals surface area (Å²) in [4.78, 5) is 38.8. The van der Waals surface area contributed by atoms with Gasteiger partial charge in [0.1, 0.15) is 11.3 Å². The monoisotopic (exact) mass is 655 g/mol. The Morgan fingerprint density at radius 2 is 1.53 bits per heavy atom. The summed E-state index contributed by atoms with van der Waals surface area (Å²) in [6, 6.07) is 27.7. The number of carbonyl (C=O) groups excluding carboxylic acids is 1. The fourth-order valence-corrected chi connectivity index (χ4v) is 6.04. The summed E-state index contributed by atoms with van der Waals surface area (Å²) < 4.78 is 2.21. The molecule has 1 heterocycles. The van der Waals surface area contributed by atoms with Gasteiger partial charge in [-0.1, -0.05) is 48.9 Å². The van der Waals surface area contributed by atoms with E-state index in [1.54, 1.807) is 24.1 Å². The zero-order chi connectivity index (χ0) is 33.9. The number of aryl methyl sites for hydroxylation is 1. The van der Waals surface area contributed by atoms with Crippen molar-refractivity contribution < 1.29 is 29.7 Å². The van der Waals surface area contributed by atoms with Gasteiger partial charge in [-0.05, 0) is 104 Å². The predicted molar refractivity (Wildman–Crippen MR) is 187 cm³/mol. The molecule has 5 rings (SSSR count). The van der Waals surface area contributed by atoms with Crippen LogP contribution < -0.4 is 9.80 Å². The number of hydrogen-bond donors (Lipinski definition) is 3. The van der Waals surface area contributed by atoms with Gasteiger partial charge in [-0.2, -0.15) is 0 Å². The van der Waals surface area contributed by atoms with Crippen molar-refractivity contribution in [2.45, 2.75) is 44.0 Å². The zero-order valence-electron chi connectivity index (χ0n) is 26.9. The van der Waals surface area contributed by atoms with Gasteiger partial charge in [0.15, 0.2) is 0 Å². The third kappa shape index (κ3) is 9.84. The predicted octanol–water partition coefficient (Wildman–Crippen LogP) is 7.29. The second kappa shape index (κ2) is 16.7. The summed E-state index contributed by atoms with van der Waals surface area (Å²) in [5.74, 6) is -2.13. The molecule has 1 amide bonds. The third-order valence-corrected chi connectivity index (χ3v) is 9.23. The van der Waals surface area contributed by atoms with Crippen molar-refractivity contribution in [1.82, 2.24) is 4.31 Å². The third-order valence-electron chi connectivity index (χ3n) is 8.18. The quantitative estimate of drug-likeness (QED) is 0.113. The van der Waals surface area contributed by atoms with Crippen LogP contribution in [0.4, 0.5) is 11.4 Å². The molecular weight excluding hydrogens is 614 g/mol. The summed E-state index contributed by atoms with van der Waals surface area (Å²) in [7, 11) is 2.10. The van der Waals surface area contributed by atoms with Gasteiger partial charge in [0.2, 0.25) is 6.41 Å². The number of carbonyl (C=O) groups is 3. The highest BCUT2D eigenvalue weighted by atomic mass is 32.2. The SMILES string of the molecule is CCN(C)Sc1ccc(C)cc1.O=CN(Cc1ccc(C2CCN(c3ccc(C(=O)O)cc3)CC2)cc1)c1ccc(C(=O)O)c(O)c1. The van der Waals surface area contributed by atoms with Gasteiger partial charge in [0.25, 0.3) is 0 Å². The van der Waals surface area contributed by atoms with Crippen molar-refractivity contribution in [3.63, 3.8) is 0 Å². The lowest BCUT2D eigenvalue weighted by Crippen LogP contribution is -2.32. The molecule has 0 radical (unpaired) electrons. The van der Waals surface area contributed by atoms with Crippen molar-refractivity contribution >= 4 is 41.7 Å². The molecular formula is C37H41N3O6S. The number of hydrogen-bond acceptors (Lipinski definition) is 7. The van der Waals surface area contributed by atoms with Crippen LogP contribution in [-0.4, -0.2) is 64.7 Å². The minimum Gasteiger partial charge on any atom is -0.507 e. The molecule has 1 saturated heterocycles. The highest BCUT2D eigenvalue weighted by Crippen LogP contribution is 2.31. The molecule has 0 aliphatic carbocycles. The Hall–Kier alpha value is -4.80. The molecule has 0 saturated carbocycles. The number of aromatic hydroxyl groups is 1. The average Bonchev–Trinajstić information content (AvgIpc) is 3.08. The number of anilines is 2. The number of aromatic carboxylic acids is 2. The van der Waals surface area contributed by atoms with E-state index in [4.69, 9.17) is 10.2 Å². The number of nitrogens with zero attached hydrogens (tertiary/aromatic N) is 3. The van der Waals surface area contributed by atoms with E-state index in [2.05, 4.69) is 66.5 Å². The number of rotatable bonds is 11. The highest BCUT2D eigenvalue weighted by Gasteiger charge is 2.21. The van der Waals surface area contributed by atoms with Crippen LogP contribution in [0.5, 0.6) is 5.75 Å². The number of amides is 1. The van der Waals surface area contributed by atoms with E-state index in [-0.39, 0.29) is 16.9 Å². The van der Waals surface area contributed by atoms with E-state index >= 15 is 0 Å². The molecule has 0 bridgehead atoms. The largest absolute Gasteiger partial charge is 0.507 e. The van der Waals surface area contributed by atoms with E-state index in [0.717, 1.165) is 43.7 Å². The Labute approximate surface area is 280 Å². The Kier molecular flexibility index (Phi) is 12.4. The van der Waals surface area contributed by atoms with Crippen LogP contribution in [0.25, 0.3) is 0 Å². The molecule has 10 heteroatoms. The van der Waals surface area contributed by atoms with Crippen molar-refractivity contribution in [1.29, 1.82) is 0 Å². The fraction of sp³-hybridized carbons (Fsp3) is 0.270. The molecule has 47 heavy (non-hydrogen) atoms. The fourth-order valence-electron chi connectivity index (χ4n) is 5.29. The second-order valence-corrected chi connectivity index (χ2v) is 12.7. The zero-order valence-corrected chi connectivity index (χ0v) is 27.7. The first-order chi connectivity index (χ1) is 22.6. The van der Waals surface area contributed by atoms with E-state index in [9.17, 15) is 19.5 Å². The molecule has 4 aromatic rings. The molecule has 1 aliphatic heterocycles. The van der Waals surface area contributed by atoms with E-state index in [1.807, 2.05) is 24.3 Å². The number of piperidine rings is 1. The molecule has 1 fully saturated rings. The van der Waals surface area contributed by atoms with Gasteiger partial charge in [-0.3, -0.25) is 4.79 Å². The summed E-state index contributed by atoms with van der Waals surface area (Å²) in [6.45, 7) is 7.39. The maximum absolute atomic E-state index is 11.6. The van der Waals surface area contributed by atoms with Gasteiger partial charge in [0, 0.05) is 42.0 Å². The first-order valence-electron chi connectivity index (χ1n) is 15.5. The topological polar surface area (TPSA) is 122 Å². The van der Waals surface area contributed by atoms with Crippen LogP contribution in [0, 0.1) is 6.92 Å². The van der Waals surface area contributed by atoms with Gasteiger partial charge < -0.3 is 25.1 Å². The van der Waals surface area contributed by atoms with Gasteiger partial charge in [0.05, 0.1) is 12.1 Å². The maximum Gasteiger partial charge on any atom is 0.339 e. The molecule has 0 atom stereocenters. The molecule has 3 N–H and O–H groups in total. The van der Waals surface area contributed by atoms with E-state index in [0.29, 0.717) is 24.6 Å². The van der Waals surface area contributed by atoms with Gasteiger partial charge in [-0.15, -0.1) is 0 Å². The Balaban J connectivity index is 0.000000351. The van der Waals surface area contributed by atoms with Crippen molar-refractivity contribution in [2.75, 3.05) is 36.5 Å². The normalized spacial score (nSPS) is 13.1. The van der Waals surface area contributed by atoms with Crippen LogP contribution in [0.3, 0.4) is 0 Å². The first-order valence-corrected chi connectivity index (χ1v) is 16.3. The summed E-state index contributed by atoms with van der Waals surface area (Å²) in [5.41, 5.74) is 4.97. The summed E-state index contributed by atoms with van der Waals surface area (Å²) in [5, 5.41) is 28.0. The second-order valence-electron chi connectivity index (χ2n) is 11.4. The van der Waals surface area contributed by atoms with Crippen molar-refractivity contribution in [2.24, 2.45) is 0 Å². The lowest BCUT2D eigenvalue weighted by molar-refractivity contribution is -0.107. The van der Waals surface area contributed by atoms with Crippen LogP contribution in [0.2, 0.25) is 0 Å². The van der Waals surface area contributed by atoms with Crippen LogP contribution >= 0.6 is 11.9 Å². The van der Waals surface area contributed by atoms with Crippen LogP contribution in [-0.2, 0) is 11.3 Å². The lowest BCUT2D eigenvalue weighted by Gasteiger charge is -2.34. The molecule has 4 aromatic carbocycles. The number of phenols is 1. The standard InChI is InChI=1S/C27H26N2O6.C10H15NS/c30-17-29(23-9-10-24(27(34)35)25(31)15-23)16-18-1-3-19(4-2-18)20-11-13-28(14-12-20)22-7-5-21(6-8-22)26(32)33;1-4-11(3)12-10-7-5-9(2)6-8-10/h1-10,15,17,20,31H,11-14,16H2,(H,32,33)(H,34,35);5-8H,4H2,1-3H3. The average molecular weight is 656 g/mol. The maximum atomic E-state index is 11.6. The highest BCUT2D eigenvalue weighted by molar-refractivity contribution is 7.97. The van der Waals surface area contributed by atoms with E-state index < -0.39 is 11.9 Å². The van der Waals surface area contributed by atoms with Crippen LogP contribution in [0.1, 0.15) is 63.1 Å². The molecule has 1 aliphatic rings. The minimum atomic E-state index is -1.23. The molecule has 9 nitrogen and oxygen atoms in total. The lowest BCUT2D eigenvalue weighted by atomic mass is 9.88. The van der Waals surface area contributed by atoms with Gasteiger partial charge >= 0.3 is 11.9 Å². The molecule has 0 spiro atoms. The van der Waals surface area contributed by atoms with Gasteiger partial charge in [-0.25, -0.2) is 13.9 Å². The molecule has 0 unspecified atom stereocenters. The minimum absolute atomic E-state index is 0.215. The molecule has 246 valence electrons. The summed E-state index contributed by atoms with van der Waals surface area (Å²) >= 11 is 1.79.